The Morgan fingerprint density at radius 3 is 2.50 bits per heavy atom. The molecule has 4 N–H and O–H groups in total. The molecule has 0 saturated carbocycles. The first-order valence-corrected chi connectivity index (χ1v) is 12.6. The molecule has 0 unspecified atom stereocenters. The predicted octanol–water partition coefficient (Wildman–Crippen LogP) is 1.64. The van der Waals surface area contributed by atoms with E-state index in [-0.39, 0.29) is 28.8 Å². The van der Waals surface area contributed by atoms with Gasteiger partial charge in [0.05, 0.1) is 6.33 Å². The second-order valence-electron chi connectivity index (χ2n) is 9.48. The van der Waals surface area contributed by atoms with Crippen LogP contribution in [-0.4, -0.2) is 74.0 Å². The van der Waals surface area contributed by atoms with Crippen LogP contribution in [0.2, 0.25) is 0 Å². The van der Waals surface area contributed by atoms with Crippen molar-refractivity contribution in [1.29, 1.82) is 0 Å². The van der Waals surface area contributed by atoms with Gasteiger partial charge in [-0.2, -0.15) is 0 Å². The Bertz CT molecular complexity index is 1520. The number of rotatable bonds is 8. The van der Waals surface area contributed by atoms with Gasteiger partial charge in [0, 0.05) is 38.0 Å². The number of imidazole rings is 1. The van der Waals surface area contributed by atoms with Gasteiger partial charge in [-0.15, -0.1) is 0 Å². The summed E-state index contributed by atoms with van der Waals surface area (Å²) in [5, 5.41) is 26.8. The highest BCUT2D eigenvalue weighted by Gasteiger charge is 2.43. The number of amides is 2. The van der Waals surface area contributed by atoms with Crippen LogP contribution < -0.4 is 15.5 Å². The molecule has 12 nitrogen and oxygen atoms in total. The number of hydrogen-bond acceptors (Lipinski definition) is 9. The third-order valence-electron chi connectivity index (χ3n) is 6.53. The molecule has 206 valence electrons. The molecule has 5 rings (SSSR count). The molecule has 1 saturated heterocycles. The van der Waals surface area contributed by atoms with E-state index >= 15 is 0 Å². The highest BCUT2D eigenvalue weighted by molar-refractivity contribution is 6.06. The average Bonchev–Trinajstić information content (AvgIpc) is 3.52. The fraction of sp³-hybridized carbons (Fsp3) is 0.250. The maximum Gasteiger partial charge on any atom is 0.256 e. The van der Waals surface area contributed by atoms with Crippen LogP contribution in [0.4, 0.5) is 11.5 Å². The van der Waals surface area contributed by atoms with Gasteiger partial charge in [0.2, 0.25) is 5.91 Å². The Hall–Kier alpha value is -4.65. The number of carbonyl (C=O) groups excluding carboxylic acids is 2. The van der Waals surface area contributed by atoms with Gasteiger partial charge >= 0.3 is 0 Å². The summed E-state index contributed by atoms with van der Waals surface area (Å²) in [6.07, 6.45) is 0.683. The summed E-state index contributed by atoms with van der Waals surface area (Å²) in [4.78, 5) is 39.6. The van der Waals surface area contributed by atoms with E-state index in [1.807, 2.05) is 49.3 Å². The van der Waals surface area contributed by atoms with Crippen LogP contribution in [0, 0.1) is 0 Å². The van der Waals surface area contributed by atoms with Crippen LogP contribution >= 0.6 is 0 Å². The van der Waals surface area contributed by atoms with E-state index in [0.717, 1.165) is 11.3 Å². The maximum absolute atomic E-state index is 12.6. The minimum atomic E-state index is -1.33. The van der Waals surface area contributed by atoms with E-state index in [2.05, 4.69) is 25.6 Å². The van der Waals surface area contributed by atoms with Gasteiger partial charge in [-0.25, -0.2) is 15.0 Å². The number of carbonyl (C=O) groups is 2. The predicted molar refractivity (Wildman–Crippen MR) is 147 cm³/mol. The summed E-state index contributed by atoms with van der Waals surface area (Å²) in [6, 6.07) is 16.5. The molecular weight excluding hydrogens is 514 g/mol. The molecule has 0 aliphatic carbocycles. The van der Waals surface area contributed by atoms with Gasteiger partial charge in [0.1, 0.15) is 24.6 Å². The minimum Gasteiger partial charge on any atom is -0.387 e. The summed E-state index contributed by atoms with van der Waals surface area (Å²) >= 11 is 0. The number of aliphatic hydroxyl groups is 2. The molecule has 40 heavy (non-hydrogen) atoms. The number of anilines is 2. The van der Waals surface area contributed by atoms with Gasteiger partial charge in [-0.1, -0.05) is 30.3 Å². The molecule has 4 aromatic rings. The summed E-state index contributed by atoms with van der Waals surface area (Å²) in [5.74, 6) is -0.545. The van der Waals surface area contributed by atoms with E-state index in [1.54, 1.807) is 24.3 Å². The standard InChI is InChI=1S/C28H29N7O5/c1-34(2)19-10-8-17(9-11-19)14-29-21(36)13-12-20-23(37)24(38)28(40-20)35-16-32-22-25(30-15-31-26(22)35)33-27(39)18-6-4-3-5-7-18/h3-13,15-16,20,23-24,28,37-38H,14H2,1-2H3,(H,29,36)(H,30,31,33,39)/b13-12+/t20-,23-,24-,28-/m1/s1. The van der Waals surface area contributed by atoms with Crippen LogP contribution in [0.1, 0.15) is 22.1 Å². The monoisotopic (exact) mass is 543 g/mol. The zero-order chi connectivity index (χ0) is 28.2. The lowest BCUT2D eigenvalue weighted by atomic mass is 10.1. The van der Waals surface area contributed by atoms with Crippen molar-refractivity contribution < 1.29 is 24.5 Å². The minimum absolute atomic E-state index is 0.190. The fourth-order valence-electron chi connectivity index (χ4n) is 4.32. The van der Waals surface area contributed by atoms with Gasteiger partial charge < -0.3 is 30.5 Å². The summed E-state index contributed by atoms with van der Waals surface area (Å²) in [7, 11) is 3.91. The number of benzene rings is 2. The molecule has 1 fully saturated rings. The smallest absolute Gasteiger partial charge is 0.256 e. The van der Waals surface area contributed by atoms with Crippen molar-refractivity contribution in [2.24, 2.45) is 0 Å². The number of aliphatic hydroxyl groups excluding tert-OH is 2. The van der Waals surface area contributed by atoms with Crippen LogP contribution in [-0.2, 0) is 16.1 Å². The van der Waals surface area contributed by atoms with E-state index in [0.29, 0.717) is 12.1 Å². The zero-order valence-electron chi connectivity index (χ0n) is 21.9. The normalized spacial score (nSPS) is 20.6. The van der Waals surface area contributed by atoms with Crippen LogP contribution in [0.25, 0.3) is 11.2 Å². The number of hydrogen-bond donors (Lipinski definition) is 4. The van der Waals surface area contributed by atoms with Crippen molar-refractivity contribution in [2.75, 3.05) is 24.3 Å². The number of fused-ring (bicyclic) bond motifs is 1. The highest BCUT2D eigenvalue weighted by Crippen LogP contribution is 2.32. The Morgan fingerprint density at radius 2 is 1.77 bits per heavy atom. The van der Waals surface area contributed by atoms with Crippen molar-refractivity contribution >= 4 is 34.5 Å². The molecule has 0 radical (unpaired) electrons. The summed E-state index contributed by atoms with van der Waals surface area (Å²) in [5.41, 5.74) is 3.02. The molecule has 2 aromatic heterocycles. The van der Waals surface area contributed by atoms with Gasteiger partial charge in [0.25, 0.3) is 5.91 Å². The third-order valence-corrected chi connectivity index (χ3v) is 6.53. The molecule has 2 amide bonds. The molecule has 12 heteroatoms. The van der Waals surface area contributed by atoms with Crippen molar-refractivity contribution in [3.63, 3.8) is 0 Å². The average molecular weight is 544 g/mol. The second-order valence-corrected chi connectivity index (χ2v) is 9.48. The first-order valence-electron chi connectivity index (χ1n) is 12.6. The van der Waals surface area contributed by atoms with Crippen LogP contribution in [0.5, 0.6) is 0 Å². The lowest BCUT2D eigenvalue weighted by Crippen LogP contribution is -2.31. The van der Waals surface area contributed by atoms with Crippen molar-refractivity contribution in [2.45, 2.75) is 31.1 Å². The summed E-state index contributed by atoms with van der Waals surface area (Å²) < 4.78 is 7.33. The first-order chi connectivity index (χ1) is 19.3. The third kappa shape index (κ3) is 5.69. The van der Waals surface area contributed by atoms with Gasteiger partial charge in [-0.3, -0.25) is 14.2 Å². The van der Waals surface area contributed by atoms with E-state index in [4.69, 9.17) is 4.74 Å². The zero-order valence-corrected chi connectivity index (χ0v) is 21.9. The van der Waals surface area contributed by atoms with Crippen molar-refractivity contribution in [3.8, 4) is 0 Å². The molecule has 1 aliphatic heterocycles. The van der Waals surface area contributed by atoms with Crippen LogP contribution in [0.3, 0.4) is 0 Å². The topological polar surface area (TPSA) is 155 Å². The Labute approximate surface area is 230 Å². The number of nitrogens with one attached hydrogen (secondary N) is 2. The Morgan fingerprint density at radius 1 is 1.02 bits per heavy atom. The molecule has 3 heterocycles. The van der Waals surface area contributed by atoms with E-state index in [9.17, 15) is 19.8 Å². The molecule has 0 bridgehead atoms. The van der Waals surface area contributed by atoms with Gasteiger partial charge in [0.15, 0.2) is 23.2 Å². The number of nitrogens with zero attached hydrogens (tertiary/aromatic N) is 5. The molecule has 2 aromatic carbocycles. The summed E-state index contributed by atoms with van der Waals surface area (Å²) in [6.45, 7) is 0.333. The Kier molecular flexibility index (Phi) is 7.82. The molecule has 4 atom stereocenters. The van der Waals surface area contributed by atoms with Crippen molar-refractivity contribution in [1.82, 2.24) is 24.8 Å². The lowest BCUT2D eigenvalue weighted by molar-refractivity contribution is -0.116. The Balaban J connectivity index is 1.24. The number of ether oxygens (including phenoxy) is 1. The van der Waals surface area contributed by atoms with Crippen LogP contribution in [0.15, 0.2) is 79.4 Å². The largest absolute Gasteiger partial charge is 0.387 e. The maximum atomic E-state index is 12.6. The van der Waals surface area contributed by atoms with E-state index in [1.165, 1.54) is 29.4 Å². The lowest BCUT2D eigenvalue weighted by Gasteiger charge is -2.16. The molecular formula is C28H29N7O5. The highest BCUT2D eigenvalue weighted by atomic mass is 16.6. The van der Waals surface area contributed by atoms with E-state index < -0.39 is 24.5 Å². The fourth-order valence-corrected chi connectivity index (χ4v) is 4.32. The SMILES string of the molecule is CN(C)c1ccc(CNC(=O)/C=C/[C@H]2O[C@@H](n3cnc4c(NC(=O)c5ccccc5)ncnc43)[C@H](O)[C@@H]2O)cc1. The van der Waals surface area contributed by atoms with Gasteiger partial charge in [-0.05, 0) is 35.9 Å². The quantitative estimate of drug-likeness (QED) is 0.243. The first kappa shape index (κ1) is 26.9. The number of aromatic nitrogens is 4. The van der Waals surface area contributed by atoms with Crippen molar-refractivity contribution in [3.05, 3.63) is 90.5 Å². The molecule has 1 aliphatic rings. The molecule has 0 spiro atoms. The second kappa shape index (κ2) is 11.6.